The average molecular weight is 380 g/mol. The Labute approximate surface area is 152 Å². The highest BCUT2D eigenvalue weighted by molar-refractivity contribution is 7.88. The number of carbonyl (C=O) groups excluding carboxylic acids is 1. The van der Waals surface area contributed by atoms with Crippen LogP contribution in [0.25, 0.3) is 0 Å². The Morgan fingerprint density at radius 2 is 1.77 bits per heavy atom. The van der Waals surface area contributed by atoms with Crippen molar-refractivity contribution in [1.82, 2.24) is 10.0 Å². The van der Waals surface area contributed by atoms with Gasteiger partial charge < -0.3 is 10.1 Å². The quantitative estimate of drug-likeness (QED) is 0.733. The Morgan fingerprint density at radius 3 is 2.42 bits per heavy atom. The largest absolute Gasteiger partial charge is 0.481 e. The van der Waals surface area contributed by atoms with Crippen molar-refractivity contribution in [3.05, 3.63) is 65.5 Å². The van der Waals surface area contributed by atoms with Crippen molar-refractivity contribution in [2.24, 2.45) is 0 Å². The molecule has 0 saturated heterocycles. The number of nitrogens with one attached hydrogen (secondary N) is 2. The first-order chi connectivity index (χ1) is 12.2. The van der Waals surface area contributed by atoms with Crippen molar-refractivity contribution in [3.63, 3.8) is 0 Å². The van der Waals surface area contributed by atoms with Crippen LogP contribution in [0.4, 0.5) is 4.39 Å². The predicted octanol–water partition coefficient (Wildman–Crippen LogP) is 1.96. The van der Waals surface area contributed by atoms with E-state index in [0.29, 0.717) is 0 Å². The summed E-state index contributed by atoms with van der Waals surface area (Å²) in [4.78, 5) is 12.1. The molecule has 2 N–H and O–H groups in total. The van der Waals surface area contributed by atoms with Gasteiger partial charge in [-0.05, 0) is 30.2 Å². The Bertz CT molecular complexity index is 871. The number of sulfonamides is 1. The summed E-state index contributed by atoms with van der Waals surface area (Å²) in [6, 6.07) is 12.8. The summed E-state index contributed by atoms with van der Waals surface area (Å²) in [7, 11) is -3.27. The van der Waals surface area contributed by atoms with Crippen molar-refractivity contribution < 1.29 is 22.3 Å². The third kappa shape index (κ3) is 6.81. The minimum atomic E-state index is -3.27. The maximum Gasteiger partial charge on any atom is 0.261 e. The number of hydrogen-bond donors (Lipinski definition) is 2. The molecule has 0 bridgehead atoms. The summed E-state index contributed by atoms with van der Waals surface area (Å²) in [5.41, 5.74) is 1.61. The SMILES string of the molecule is CC(Oc1cccc(F)c1)C(=O)NCc1cccc(CNS(C)(=O)=O)c1. The number of benzene rings is 2. The van der Waals surface area contributed by atoms with Crippen LogP contribution in [0.1, 0.15) is 18.1 Å². The van der Waals surface area contributed by atoms with Gasteiger partial charge in [0, 0.05) is 19.2 Å². The number of carbonyl (C=O) groups is 1. The second kappa shape index (κ2) is 8.77. The zero-order chi connectivity index (χ0) is 19.2. The molecule has 140 valence electrons. The van der Waals surface area contributed by atoms with E-state index in [2.05, 4.69) is 10.0 Å². The van der Waals surface area contributed by atoms with Crippen LogP contribution in [0.5, 0.6) is 5.75 Å². The first-order valence-corrected chi connectivity index (χ1v) is 9.84. The van der Waals surface area contributed by atoms with E-state index >= 15 is 0 Å². The Kier molecular flexibility index (Phi) is 6.70. The summed E-state index contributed by atoms with van der Waals surface area (Å²) in [5, 5.41) is 2.74. The molecule has 0 aliphatic carbocycles. The topological polar surface area (TPSA) is 84.5 Å². The second-order valence-corrected chi connectivity index (χ2v) is 7.68. The van der Waals surface area contributed by atoms with E-state index in [-0.39, 0.29) is 24.7 Å². The lowest BCUT2D eigenvalue weighted by atomic mass is 10.1. The maximum atomic E-state index is 13.1. The second-order valence-electron chi connectivity index (χ2n) is 5.85. The van der Waals surface area contributed by atoms with E-state index < -0.39 is 21.9 Å². The molecule has 0 spiro atoms. The van der Waals surface area contributed by atoms with Crippen LogP contribution in [-0.2, 0) is 27.9 Å². The van der Waals surface area contributed by atoms with Gasteiger partial charge in [0.15, 0.2) is 6.10 Å². The highest BCUT2D eigenvalue weighted by atomic mass is 32.2. The predicted molar refractivity (Wildman–Crippen MR) is 96.5 cm³/mol. The number of amides is 1. The molecular weight excluding hydrogens is 359 g/mol. The van der Waals surface area contributed by atoms with Gasteiger partial charge in [-0.1, -0.05) is 30.3 Å². The van der Waals surface area contributed by atoms with Crippen LogP contribution in [-0.4, -0.2) is 26.7 Å². The molecule has 0 aromatic heterocycles. The molecule has 2 rings (SSSR count). The number of hydrogen-bond acceptors (Lipinski definition) is 4. The van der Waals surface area contributed by atoms with Crippen LogP contribution in [0, 0.1) is 5.82 Å². The number of ether oxygens (including phenoxy) is 1. The molecular formula is C18H21FN2O4S. The molecule has 0 aliphatic heterocycles. The highest BCUT2D eigenvalue weighted by Gasteiger charge is 2.14. The molecule has 2 aromatic rings. The van der Waals surface area contributed by atoms with E-state index in [0.717, 1.165) is 17.4 Å². The zero-order valence-corrected chi connectivity index (χ0v) is 15.3. The van der Waals surface area contributed by atoms with Gasteiger partial charge in [-0.25, -0.2) is 17.5 Å². The zero-order valence-electron chi connectivity index (χ0n) is 14.5. The van der Waals surface area contributed by atoms with Crippen LogP contribution < -0.4 is 14.8 Å². The van der Waals surface area contributed by atoms with Gasteiger partial charge in [0.25, 0.3) is 5.91 Å². The molecule has 1 unspecified atom stereocenters. The Balaban J connectivity index is 1.88. The molecule has 0 aliphatic rings. The fourth-order valence-corrected chi connectivity index (χ4v) is 2.62. The Hall–Kier alpha value is -2.45. The van der Waals surface area contributed by atoms with Gasteiger partial charge >= 0.3 is 0 Å². The Morgan fingerprint density at radius 1 is 1.12 bits per heavy atom. The van der Waals surface area contributed by atoms with Crippen molar-refractivity contribution in [3.8, 4) is 5.75 Å². The average Bonchev–Trinajstić information content (AvgIpc) is 2.57. The van der Waals surface area contributed by atoms with Gasteiger partial charge in [0.2, 0.25) is 10.0 Å². The first-order valence-electron chi connectivity index (χ1n) is 7.95. The normalized spacial score (nSPS) is 12.4. The summed E-state index contributed by atoms with van der Waals surface area (Å²) >= 11 is 0. The van der Waals surface area contributed by atoms with Crippen molar-refractivity contribution >= 4 is 15.9 Å². The highest BCUT2D eigenvalue weighted by Crippen LogP contribution is 2.14. The van der Waals surface area contributed by atoms with Crippen molar-refractivity contribution in [1.29, 1.82) is 0 Å². The lowest BCUT2D eigenvalue weighted by molar-refractivity contribution is -0.127. The molecule has 1 amide bonds. The standard InChI is InChI=1S/C18H21FN2O4S/c1-13(25-17-8-4-7-16(19)10-17)18(22)20-11-14-5-3-6-15(9-14)12-21-26(2,23)24/h3-10,13,21H,11-12H2,1-2H3,(H,20,22). The van der Waals surface area contributed by atoms with E-state index in [9.17, 15) is 17.6 Å². The third-order valence-corrected chi connectivity index (χ3v) is 4.14. The van der Waals surface area contributed by atoms with Crippen LogP contribution in [0.3, 0.4) is 0 Å². The first kappa shape index (κ1) is 19.9. The van der Waals surface area contributed by atoms with Gasteiger partial charge in [-0.3, -0.25) is 4.79 Å². The van der Waals surface area contributed by atoms with Crippen LogP contribution >= 0.6 is 0 Å². The molecule has 0 saturated carbocycles. The van der Waals surface area contributed by atoms with Gasteiger partial charge in [0.1, 0.15) is 11.6 Å². The smallest absolute Gasteiger partial charge is 0.261 e. The molecule has 0 radical (unpaired) electrons. The molecule has 6 nitrogen and oxygen atoms in total. The molecule has 1 atom stereocenters. The lowest BCUT2D eigenvalue weighted by Gasteiger charge is -2.15. The molecule has 8 heteroatoms. The van der Waals surface area contributed by atoms with Gasteiger partial charge in [0.05, 0.1) is 6.26 Å². The monoisotopic (exact) mass is 380 g/mol. The number of rotatable bonds is 8. The van der Waals surface area contributed by atoms with Crippen molar-refractivity contribution in [2.75, 3.05) is 6.26 Å². The summed E-state index contributed by atoms with van der Waals surface area (Å²) in [6.07, 6.45) is 0.309. The van der Waals surface area contributed by atoms with Gasteiger partial charge in [-0.15, -0.1) is 0 Å². The van der Waals surface area contributed by atoms with E-state index in [1.165, 1.54) is 18.2 Å². The fourth-order valence-electron chi connectivity index (χ4n) is 2.19. The van der Waals surface area contributed by atoms with Crippen molar-refractivity contribution in [2.45, 2.75) is 26.1 Å². The van der Waals surface area contributed by atoms with Gasteiger partial charge in [-0.2, -0.15) is 0 Å². The van der Waals surface area contributed by atoms with Crippen LogP contribution in [0.2, 0.25) is 0 Å². The lowest BCUT2D eigenvalue weighted by Crippen LogP contribution is -2.35. The van der Waals surface area contributed by atoms with Crippen LogP contribution in [0.15, 0.2) is 48.5 Å². The minimum absolute atomic E-state index is 0.180. The number of halogens is 1. The summed E-state index contributed by atoms with van der Waals surface area (Å²) in [6.45, 7) is 2.02. The summed E-state index contributed by atoms with van der Waals surface area (Å²) in [5.74, 6) is -0.495. The summed E-state index contributed by atoms with van der Waals surface area (Å²) < 4.78 is 43.3. The van der Waals surface area contributed by atoms with E-state index in [1.807, 2.05) is 6.07 Å². The van der Waals surface area contributed by atoms with E-state index in [1.54, 1.807) is 31.2 Å². The maximum absolute atomic E-state index is 13.1. The fraction of sp³-hybridized carbons (Fsp3) is 0.278. The molecule has 2 aromatic carbocycles. The minimum Gasteiger partial charge on any atom is -0.481 e. The molecule has 0 fully saturated rings. The third-order valence-electron chi connectivity index (χ3n) is 3.47. The molecule has 0 heterocycles. The molecule has 26 heavy (non-hydrogen) atoms. The van der Waals surface area contributed by atoms with E-state index in [4.69, 9.17) is 4.74 Å².